The number of nitrogens with one attached hydrogen (secondary N) is 1. The number of thioether (sulfide) groups is 1. The topological polar surface area (TPSA) is 86.1 Å². The van der Waals surface area contributed by atoms with E-state index in [4.69, 9.17) is 4.74 Å². The Kier molecular flexibility index (Phi) is 6.62. The van der Waals surface area contributed by atoms with E-state index in [2.05, 4.69) is 15.3 Å². The molecule has 0 bridgehead atoms. The van der Waals surface area contributed by atoms with Gasteiger partial charge in [0.2, 0.25) is 5.91 Å². The minimum Gasteiger partial charge on any atom is -0.376 e. The third kappa shape index (κ3) is 4.77. The summed E-state index contributed by atoms with van der Waals surface area (Å²) in [5.74, 6) is -0.851. The summed E-state index contributed by atoms with van der Waals surface area (Å²) in [6.07, 6.45) is 3.80. The van der Waals surface area contributed by atoms with E-state index in [1.54, 1.807) is 35.0 Å². The van der Waals surface area contributed by atoms with Crippen LogP contribution in [-0.4, -0.2) is 38.4 Å². The van der Waals surface area contributed by atoms with Gasteiger partial charge in [0.05, 0.1) is 29.0 Å². The van der Waals surface area contributed by atoms with E-state index in [1.807, 2.05) is 6.92 Å². The molecule has 3 aromatic rings. The predicted molar refractivity (Wildman–Crippen MR) is 118 cm³/mol. The number of amides is 1. The van der Waals surface area contributed by atoms with Crippen molar-refractivity contribution in [1.29, 1.82) is 0 Å². The van der Waals surface area contributed by atoms with Gasteiger partial charge in [-0.1, -0.05) is 30.8 Å². The predicted octanol–water partition coefficient (Wildman–Crippen LogP) is 3.62. The zero-order chi connectivity index (χ0) is 21.8. The number of carbonyl (C=O) groups excluding carboxylic acids is 1. The van der Waals surface area contributed by atoms with Crippen molar-refractivity contribution in [3.05, 3.63) is 58.8 Å². The van der Waals surface area contributed by atoms with E-state index in [-0.39, 0.29) is 23.3 Å². The van der Waals surface area contributed by atoms with Gasteiger partial charge in [0.15, 0.2) is 10.8 Å². The Morgan fingerprint density at radius 2 is 2.19 bits per heavy atom. The largest absolute Gasteiger partial charge is 0.376 e. The van der Waals surface area contributed by atoms with Crippen molar-refractivity contribution in [2.45, 2.75) is 49.2 Å². The van der Waals surface area contributed by atoms with Crippen LogP contribution in [0.3, 0.4) is 0 Å². The second kappa shape index (κ2) is 9.57. The van der Waals surface area contributed by atoms with Crippen molar-refractivity contribution in [2.75, 3.05) is 11.9 Å². The second-order valence-electron chi connectivity index (χ2n) is 7.30. The van der Waals surface area contributed by atoms with Crippen molar-refractivity contribution in [1.82, 2.24) is 14.5 Å². The number of carbonyl (C=O) groups is 1. The first-order chi connectivity index (χ1) is 15.1. The highest BCUT2D eigenvalue weighted by Gasteiger charge is 2.25. The van der Waals surface area contributed by atoms with Gasteiger partial charge in [0.25, 0.3) is 5.56 Å². The van der Waals surface area contributed by atoms with Gasteiger partial charge >= 0.3 is 0 Å². The Balaban J connectivity index is 1.65. The molecule has 1 amide bonds. The Morgan fingerprint density at radius 1 is 1.35 bits per heavy atom. The summed E-state index contributed by atoms with van der Waals surface area (Å²) in [4.78, 5) is 34.8. The molecule has 0 saturated carbocycles. The number of para-hydroxylation sites is 1. The van der Waals surface area contributed by atoms with Gasteiger partial charge in [0.1, 0.15) is 5.82 Å². The lowest BCUT2D eigenvalue weighted by Gasteiger charge is -2.19. The van der Waals surface area contributed by atoms with Crippen LogP contribution in [0.4, 0.5) is 10.1 Å². The number of fused-ring (bicyclic) bond motifs is 1. The molecule has 1 aliphatic heterocycles. The number of aromatic nitrogens is 3. The number of hydrogen-bond donors (Lipinski definition) is 1. The molecule has 0 radical (unpaired) electrons. The SMILES string of the molecule is CC[C@@H](Sc1nc2ncccc2c(=O)n1C[C@@H]1CCCO1)C(=O)Nc1ccccc1F. The standard InChI is InChI=1S/C22H23FN4O3S/c1-2-18(20(28)25-17-10-4-3-9-16(17)23)31-22-26-19-15(8-5-11-24-19)21(29)27(22)13-14-7-6-12-30-14/h3-5,8-11,14,18H,2,6-7,12-13H2,1H3,(H,25,28)/t14-,18+/m0/s1. The molecule has 1 fully saturated rings. The summed E-state index contributed by atoms with van der Waals surface area (Å²) in [5, 5.41) is 2.90. The maximum Gasteiger partial charge on any atom is 0.263 e. The molecule has 1 aliphatic rings. The van der Waals surface area contributed by atoms with Crippen LogP contribution in [0.25, 0.3) is 11.0 Å². The highest BCUT2D eigenvalue weighted by Crippen LogP contribution is 2.27. The second-order valence-corrected chi connectivity index (χ2v) is 8.47. The van der Waals surface area contributed by atoms with E-state index < -0.39 is 11.1 Å². The van der Waals surface area contributed by atoms with Crippen LogP contribution in [0.15, 0.2) is 52.5 Å². The van der Waals surface area contributed by atoms with Crippen molar-refractivity contribution < 1.29 is 13.9 Å². The summed E-state index contributed by atoms with van der Waals surface area (Å²) in [6.45, 7) is 2.90. The molecule has 4 rings (SSSR count). The molecule has 0 aliphatic carbocycles. The molecule has 1 saturated heterocycles. The summed E-state index contributed by atoms with van der Waals surface area (Å²) in [7, 11) is 0. The van der Waals surface area contributed by atoms with Crippen LogP contribution in [0.2, 0.25) is 0 Å². The lowest BCUT2D eigenvalue weighted by atomic mass is 10.2. The number of halogens is 1. The molecule has 0 unspecified atom stereocenters. The molecule has 3 heterocycles. The van der Waals surface area contributed by atoms with Gasteiger partial charge in [-0.2, -0.15) is 0 Å². The third-order valence-corrected chi connectivity index (χ3v) is 6.50. The maximum atomic E-state index is 14.0. The van der Waals surface area contributed by atoms with Gasteiger partial charge in [0, 0.05) is 12.8 Å². The molecule has 2 aromatic heterocycles. The van der Waals surface area contributed by atoms with E-state index >= 15 is 0 Å². The molecule has 162 valence electrons. The quantitative estimate of drug-likeness (QED) is 0.444. The van der Waals surface area contributed by atoms with E-state index in [9.17, 15) is 14.0 Å². The van der Waals surface area contributed by atoms with Crippen molar-refractivity contribution in [2.24, 2.45) is 0 Å². The zero-order valence-electron chi connectivity index (χ0n) is 17.1. The number of ether oxygens (including phenoxy) is 1. The molecule has 9 heteroatoms. The first kappa shape index (κ1) is 21.5. The smallest absolute Gasteiger partial charge is 0.263 e. The van der Waals surface area contributed by atoms with E-state index in [1.165, 1.54) is 23.9 Å². The summed E-state index contributed by atoms with van der Waals surface area (Å²) in [6, 6.07) is 9.41. The molecule has 31 heavy (non-hydrogen) atoms. The monoisotopic (exact) mass is 442 g/mol. The zero-order valence-corrected chi connectivity index (χ0v) is 17.9. The lowest BCUT2D eigenvalue weighted by molar-refractivity contribution is -0.115. The first-order valence-corrected chi connectivity index (χ1v) is 11.1. The van der Waals surface area contributed by atoms with Gasteiger partial charge in [-0.15, -0.1) is 0 Å². The average molecular weight is 443 g/mol. The number of nitrogens with zero attached hydrogens (tertiary/aromatic N) is 3. The maximum absolute atomic E-state index is 14.0. The van der Waals surface area contributed by atoms with Crippen LogP contribution < -0.4 is 10.9 Å². The number of hydrogen-bond acceptors (Lipinski definition) is 6. The number of pyridine rings is 1. The lowest BCUT2D eigenvalue weighted by Crippen LogP contribution is -2.31. The molecule has 7 nitrogen and oxygen atoms in total. The van der Waals surface area contributed by atoms with Crippen LogP contribution in [-0.2, 0) is 16.1 Å². The Morgan fingerprint density at radius 3 is 2.94 bits per heavy atom. The van der Waals surface area contributed by atoms with Gasteiger partial charge in [-0.3, -0.25) is 14.2 Å². The molecule has 1 N–H and O–H groups in total. The number of rotatable bonds is 7. The van der Waals surface area contributed by atoms with Crippen molar-refractivity contribution >= 4 is 34.4 Å². The Hall–Kier alpha value is -2.78. The molecule has 1 aromatic carbocycles. The van der Waals surface area contributed by atoms with E-state index in [0.29, 0.717) is 35.8 Å². The van der Waals surface area contributed by atoms with Crippen LogP contribution in [0.5, 0.6) is 0 Å². The summed E-state index contributed by atoms with van der Waals surface area (Å²) in [5.41, 5.74) is 0.250. The highest BCUT2D eigenvalue weighted by atomic mass is 32.2. The van der Waals surface area contributed by atoms with Crippen LogP contribution in [0.1, 0.15) is 26.2 Å². The third-order valence-electron chi connectivity index (χ3n) is 5.15. The van der Waals surface area contributed by atoms with Crippen LogP contribution >= 0.6 is 11.8 Å². The van der Waals surface area contributed by atoms with Gasteiger partial charge in [-0.05, 0) is 43.5 Å². The van der Waals surface area contributed by atoms with Crippen molar-refractivity contribution in [3.8, 4) is 0 Å². The minimum atomic E-state index is -0.566. The van der Waals surface area contributed by atoms with Crippen LogP contribution in [0, 0.1) is 5.82 Å². The van der Waals surface area contributed by atoms with Gasteiger partial charge < -0.3 is 10.1 Å². The van der Waals surface area contributed by atoms with E-state index in [0.717, 1.165) is 12.8 Å². The fourth-order valence-electron chi connectivity index (χ4n) is 3.50. The normalized spacial score (nSPS) is 17.0. The Bertz CT molecular complexity index is 1150. The summed E-state index contributed by atoms with van der Waals surface area (Å²) < 4.78 is 21.3. The molecular weight excluding hydrogens is 419 g/mol. The average Bonchev–Trinajstić information content (AvgIpc) is 3.29. The number of benzene rings is 1. The fourth-order valence-corrected chi connectivity index (χ4v) is 4.52. The first-order valence-electron chi connectivity index (χ1n) is 10.3. The highest BCUT2D eigenvalue weighted by molar-refractivity contribution is 8.00. The number of anilines is 1. The molecule has 2 atom stereocenters. The fraction of sp³-hybridized carbons (Fsp3) is 0.364. The molecular formula is C22H23FN4O3S. The Labute approximate surface area is 183 Å². The van der Waals surface area contributed by atoms with Crippen molar-refractivity contribution in [3.63, 3.8) is 0 Å². The minimum absolute atomic E-state index is 0.0692. The summed E-state index contributed by atoms with van der Waals surface area (Å²) >= 11 is 1.18. The molecule has 0 spiro atoms. The van der Waals surface area contributed by atoms with Gasteiger partial charge in [-0.25, -0.2) is 14.4 Å².